The van der Waals surface area contributed by atoms with Crippen LogP contribution in [-0.2, 0) is 9.59 Å². The Kier molecular flexibility index (Phi) is 4.00. The Morgan fingerprint density at radius 3 is 2.79 bits per heavy atom. The van der Waals surface area contributed by atoms with Crippen LogP contribution in [0.4, 0.5) is 5.69 Å². The largest absolute Gasteiger partial charge is 0.337 e. The van der Waals surface area contributed by atoms with E-state index in [1.54, 1.807) is 9.80 Å². The van der Waals surface area contributed by atoms with Gasteiger partial charge in [-0.2, -0.15) is 0 Å². The van der Waals surface area contributed by atoms with Crippen molar-refractivity contribution < 1.29 is 9.59 Å². The van der Waals surface area contributed by atoms with E-state index in [1.807, 2.05) is 31.2 Å². The summed E-state index contributed by atoms with van der Waals surface area (Å²) in [5, 5.41) is 0. The lowest BCUT2D eigenvalue weighted by atomic mass is 10.2. The Morgan fingerprint density at radius 2 is 2.11 bits per heavy atom. The third-order valence-electron chi connectivity index (χ3n) is 3.29. The van der Waals surface area contributed by atoms with Crippen LogP contribution in [0.2, 0.25) is 0 Å². The molecule has 1 saturated heterocycles. The summed E-state index contributed by atoms with van der Waals surface area (Å²) in [5.74, 6) is -0.0520. The van der Waals surface area contributed by atoms with Gasteiger partial charge < -0.3 is 9.80 Å². The monoisotopic (exact) mass is 258 g/mol. The summed E-state index contributed by atoms with van der Waals surface area (Å²) in [6.07, 6.45) is 1.65. The number of benzene rings is 1. The lowest BCUT2D eigenvalue weighted by Gasteiger charge is -2.22. The molecule has 0 unspecified atom stereocenters. The van der Waals surface area contributed by atoms with E-state index < -0.39 is 0 Å². The van der Waals surface area contributed by atoms with E-state index in [0.717, 1.165) is 11.3 Å². The lowest BCUT2D eigenvalue weighted by Crippen LogP contribution is -2.35. The topological polar surface area (TPSA) is 40.6 Å². The summed E-state index contributed by atoms with van der Waals surface area (Å²) in [5.41, 5.74) is 2.02. The molecule has 1 aliphatic rings. The SMILES string of the molecule is C=CC(=O)N1CCC(=O)N(c2cccc(C)c2)CC1. The van der Waals surface area contributed by atoms with E-state index >= 15 is 0 Å². The molecule has 4 nitrogen and oxygen atoms in total. The van der Waals surface area contributed by atoms with Crippen molar-refractivity contribution in [1.29, 1.82) is 0 Å². The normalized spacial score (nSPS) is 16.2. The number of rotatable bonds is 2. The fourth-order valence-corrected chi connectivity index (χ4v) is 2.24. The Bertz CT molecular complexity index is 511. The number of amides is 2. The fourth-order valence-electron chi connectivity index (χ4n) is 2.24. The molecule has 2 rings (SSSR count). The summed E-state index contributed by atoms with van der Waals surface area (Å²) < 4.78 is 0. The Morgan fingerprint density at radius 1 is 1.32 bits per heavy atom. The highest BCUT2D eigenvalue weighted by Crippen LogP contribution is 2.18. The second-order valence-electron chi connectivity index (χ2n) is 4.66. The van der Waals surface area contributed by atoms with Crippen LogP contribution in [0.1, 0.15) is 12.0 Å². The van der Waals surface area contributed by atoms with Crippen LogP contribution >= 0.6 is 0 Å². The minimum Gasteiger partial charge on any atom is -0.337 e. The predicted octanol–water partition coefficient (Wildman–Crippen LogP) is 1.75. The number of nitrogens with zero attached hydrogens (tertiary/aromatic N) is 2. The van der Waals surface area contributed by atoms with Gasteiger partial charge >= 0.3 is 0 Å². The van der Waals surface area contributed by atoms with E-state index in [2.05, 4.69) is 6.58 Å². The Labute approximate surface area is 113 Å². The van der Waals surface area contributed by atoms with Gasteiger partial charge in [-0.1, -0.05) is 18.7 Å². The molecule has 19 heavy (non-hydrogen) atoms. The van der Waals surface area contributed by atoms with Gasteiger partial charge in [0.25, 0.3) is 0 Å². The second-order valence-corrected chi connectivity index (χ2v) is 4.66. The number of hydrogen-bond donors (Lipinski definition) is 0. The predicted molar refractivity (Wildman–Crippen MR) is 74.9 cm³/mol. The summed E-state index contributed by atoms with van der Waals surface area (Å²) in [6.45, 7) is 7.02. The summed E-state index contributed by atoms with van der Waals surface area (Å²) in [4.78, 5) is 27.2. The van der Waals surface area contributed by atoms with Gasteiger partial charge in [0, 0.05) is 31.7 Å². The van der Waals surface area contributed by atoms with Gasteiger partial charge in [0.05, 0.1) is 0 Å². The highest BCUT2D eigenvalue weighted by molar-refractivity contribution is 5.95. The maximum Gasteiger partial charge on any atom is 0.246 e. The van der Waals surface area contributed by atoms with Crippen LogP contribution in [0.25, 0.3) is 0 Å². The summed E-state index contributed by atoms with van der Waals surface area (Å²) in [6, 6.07) is 7.85. The van der Waals surface area contributed by atoms with E-state index in [0.29, 0.717) is 26.1 Å². The minimum absolute atomic E-state index is 0.0602. The molecule has 1 fully saturated rings. The Balaban J connectivity index is 2.17. The molecule has 1 aliphatic heterocycles. The molecule has 0 N–H and O–H groups in total. The second kappa shape index (κ2) is 5.69. The summed E-state index contributed by atoms with van der Waals surface area (Å²) in [7, 11) is 0. The number of hydrogen-bond acceptors (Lipinski definition) is 2. The van der Waals surface area contributed by atoms with Crippen molar-refractivity contribution in [2.45, 2.75) is 13.3 Å². The van der Waals surface area contributed by atoms with E-state index in [-0.39, 0.29) is 11.8 Å². The van der Waals surface area contributed by atoms with Crippen molar-refractivity contribution in [3.63, 3.8) is 0 Å². The number of carbonyl (C=O) groups excluding carboxylic acids is 2. The maximum absolute atomic E-state index is 12.1. The standard InChI is InChI=1S/C15H18N2O2/c1-3-14(18)16-8-7-15(19)17(10-9-16)13-6-4-5-12(2)11-13/h3-6,11H,1,7-10H2,2H3. The Hall–Kier alpha value is -2.10. The van der Waals surface area contributed by atoms with Crippen LogP contribution in [0.5, 0.6) is 0 Å². The van der Waals surface area contributed by atoms with Gasteiger partial charge in [-0.15, -0.1) is 0 Å². The van der Waals surface area contributed by atoms with Gasteiger partial charge in [0.1, 0.15) is 0 Å². The van der Waals surface area contributed by atoms with Gasteiger partial charge in [-0.25, -0.2) is 0 Å². The van der Waals surface area contributed by atoms with Gasteiger partial charge in [0.2, 0.25) is 11.8 Å². The molecule has 0 spiro atoms. The zero-order chi connectivity index (χ0) is 13.8. The number of aryl methyl sites for hydroxylation is 1. The van der Waals surface area contributed by atoms with E-state index in [4.69, 9.17) is 0 Å². The average molecular weight is 258 g/mol. The van der Waals surface area contributed by atoms with Crippen LogP contribution in [0, 0.1) is 6.92 Å². The maximum atomic E-state index is 12.1. The van der Waals surface area contributed by atoms with Crippen molar-refractivity contribution in [2.75, 3.05) is 24.5 Å². The van der Waals surface area contributed by atoms with Crippen LogP contribution in [-0.4, -0.2) is 36.3 Å². The molecule has 2 amide bonds. The zero-order valence-corrected chi connectivity index (χ0v) is 11.1. The third-order valence-corrected chi connectivity index (χ3v) is 3.29. The molecule has 100 valence electrons. The molecule has 4 heteroatoms. The first kappa shape index (κ1) is 13.3. The minimum atomic E-state index is -0.112. The molecule has 0 radical (unpaired) electrons. The smallest absolute Gasteiger partial charge is 0.246 e. The van der Waals surface area contributed by atoms with E-state index in [9.17, 15) is 9.59 Å². The molecule has 0 saturated carbocycles. The molecule has 0 bridgehead atoms. The first-order valence-corrected chi connectivity index (χ1v) is 6.40. The van der Waals surface area contributed by atoms with E-state index in [1.165, 1.54) is 6.08 Å². The van der Waals surface area contributed by atoms with Crippen molar-refractivity contribution in [3.8, 4) is 0 Å². The third kappa shape index (κ3) is 3.02. The molecule has 0 atom stereocenters. The first-order chi connectivity index (χ1) is 9.11. The molecule has 0 aromatic heterocycles. The van der Waals surface area contributed by atoms with Crippen molar-refractivity contribution in [1.82, 2.24) is 4.90 Å². The first-order valence-electron chi connectivity index (χ1n) is 6.40. The van der Waals surface area contributed by atoms with Crippen molar-refractivity contribution >= 4 is 17.5 Å². The van der Waals surface area contributed by atoms with Crippen LogP contribution < -0.4 is 4.90 Å². The molecule has 1 aromatic carbocycles. The fraction of sp³-hybridized carbons (Fsp3) is 0.333. The number of anilines is 1. The number of carbonyl (C=O) groups is 2. The highest BCUT2D eigenvalue weighted by atomic mass is 16.2. The zero-order valence-electron chi connectivity index (χ0n) is 11.1. The van der Waals surface area contributed by atoms with Gasteiger partial charge in [0.15, 0.2) is 0 Å². The molecular formula is C15H18N2O2. The van der Waals surface area contributed by atoms with Gasteiger partial charge in [-0.3, -0.25) is 9.59 Å². The van der Waals surface area contributed by atoms with Crippen molar-refractivity contribution in [3.05, 3.63) is 42.5 Å². The molecule has 0 aliphatic carbocycles. The molecule has 1 heterocycles. The van der Waals surface area contributed by atoms with Crippen molar-refractivity contribution in [2.24, 2.45) is 0 Å². The summed E-state index contributed by atoms with van der Waals surface area (Å²) >= 11 is 0. The lowest BCUT2D eigenvalue weighted by molar-refractivity contribution is -0.126. The molecular weight excluding hydrogens is 240 g/mol. The van der Waals surface area contributed by atoms with Gasteiger partial charge in [-0.05, 0) is 30.7 Å². The highest BCUT2D eigenvalue weighted by Gasteiger charge is 2.23. The van der Waals surface area contributed by atoms with Crippen LogP contribution in [0.3, 0.4) is 0 Å². The van der Waals surface area contributed by atoms with Crippen LogP contribution in [0.15, 0.2) is 36.9 Å². The average Bonchev–Trinajstić information content (AvgIpc) is 2.60. The quantitative estimate of drug-likeness (QED) is 0.758. The molecule has 1 aromatic rings.